The summed E-state index contributed by atoms with van der Waals surface area (Å²) in [6, 6.07) is 6.79. The molecule has 1 aromatic rings. The first-order chi connectivity index (χ1) is 6.77. The zero-order chi connectivity index (χ0) is 10.4. The minimum atomic E-state index is -0.608. The zero-order valence-corrected chi connectivity index (χ0v) is 7.70. The molecule has 1 aromatic carbocycles. The largest absolute Gasteiger partial charge is 0.488 e. The van der Waals surface area contributed by atoms with Crippen molar-refractivity contribution in [3.8, 4) is 5.75 Å². The maximum absolute atomic E-state index is 12.0. The predicted octanol–water partition coefficient (Wildman–Crippen LogP) is 2.40. The molecule has 0 aliphatic carbocycles. The van der Waals surface area contributed by atoms with Gasteiger partial charge in [-0.2, -0.15) is 0 Å². The quantitative estimate of drug-likeness (QED) is 0.531. The van der Waals surface area contributed by atoms with Gasteiger partial charge in [-0.25, -0.2) is 4.39 Å². The number of para-hydroxylation sites is 1. The smallest absolute Gasteiger partial charge is 0.153 e. The van der Waals surface area contributed by atoms with E-state index in [-0.39, 0.29) is 6.61 Å². The van der Waals surface area contributed by atoms with Gasteiger partial charge in [0, 0.05) is 0 Å². The fourth-order valence-electron chi connectivity index (χ4n) is 0.928. The van der Waals surface area contributed by atoms with Crippen LogP contribution in [0.15, 0.2) is 36.4 Å². The molecule has 0 radical (unpaired) electrons. The number of hydrogen-bond donors (Lipinski definition) is 0. The summed E-state index contributed by atoms with van der Waals surface area (Å²) in [5.41, 5.74) is 0.810. The molecule has 0 fully saturated rings. The van der Waals surface area contributed by atoms with Gasteiger partial charge in [0.15, 0.2) is 6.29 Å². The molecular weight excluding hydrogens is 183 g/mol. The summed E-state index contributed by atoms with van der Waals surface area (Å²) in [7, 11) is 0. The van der Waals surface area contributed by atoms with Gasteiger partial charge < -0.3 is 4.74 Å². The Hall–Kier alpha value is -1.64. The molecule has 14 heavy (non-hydrogen) atoms. The van der Waals surface area contributed by atoms with E-state index in [4.69, 9.17) is 4.74 Å². The van der Waals surface area contributed by atoms with Crippen molar-refractivity contribution >= 4 is 6.29 Å². The van der Waals surface area contributed by atoms with Crippen LogP contribution in [0.5, 0.6) is 5.75 Å². The molecule has 0 bridgehead atoms. The summed E-state index contributed by atoms with van der Waals surface area (Å²) in [6.45, 7) is 2.95. The van der Waals surface area contributed by atoms with Crippen LogP contribution < -0.4 is 4.74 Å². The molecule has 0 spiro atoms. The van der Waals surface area contributed by atoms with Crippen LogP contribution in [0.25, 0.3) is 0 Å². The van der Waals surface area contributed by atoms with Crippen LogP contribution in [0, 0.1) is 0 Å². The van der Waals surface area contributed by atoms with Gasteiger partial charge in [-0.3, -0.25) is 4.79 Å². The third-order valence-electron chi connectivity index (χ3n) is 1.67. The molecule has 0 N–H and O–H groups in total. The lowest BCUT2D eigenvalue weighted by atomic mass is 10.2. The summed E-state index contributed by atoms with van der Waals surface area (Å²) in [5, 5.41) is 0. The van der Waals surface area contributed by atoms with Gasteiger partial charge in [-0.1, -0.05) is 18.7 Å². The Labute approximate surface area is 82.0 Å². The topological polar surface area (TPSA) is 26.3 Å². The summed E-state index contributed by atoms with van der Waals surface area (Å²) in [6.07, 6.45) is 0.702. The van der Waals surface area contributed by atoms with Crippen LogP contribution in [0.4, 0.5) is 4.39 Å². The van der Waals surface area contributed by atoms with Gasteiger partial charge in [-0.15, -0.1) is 0 Å². The highest BCUT2D eigenvalue weighted by Crippen LogP contribution is 2.16. The molecule has 0 aliphatic heterocycles. The lowest BCUT2D eigenvalue weighted by molar-refractivity contribution is 0.112. The maximum Gasteiger partial charge on any atom is 0.153 e. The number of benzene rings is 1. The molecule has 0 unspecified atom stereocenters. The van der Waals surface area contributed by atoms with Crippen molar-refractivity contribution in [3.05, 3.63) is 42.0 Å². The minimum Gasteiger partial charge on any atom is -0.488 e. The average Bonchev–Trinajstić information content (AvgIpc) is 2.26. The van der Waals surface area contributed by atoms with Crippen molar-refractivity contribution in [1.82, 2.24) is 0 Å². The molecule has 3 heteroatoms. The number of hydrogen-bond acceptors (Lipinski definition) is 2. The molecule has 74 valence electrons. The van der Waals surface area contributed by atoms with Crippen LogP contribution in [0.1, 0.15) is 10.4 Å². The molecular formula is C11H11FO2. The molecule has 0 aliphatic rings. The van der Waals surface area contributed by atoms with Crippen LogP contribution in [0.3, 0.4) is 0 Å². The number of alkyl halides is 1. The van der Waals surface area contributed by atoms with Gasteiger partial charge >= 0.3 is 0 Å². The van der Waals surface area contributed by atoms with Crippen molar-refractivity contribution in [2.45, 2.75) is 0 Å². The highest BCUT2D eigenvalue weighted by Gasteiger charge is 2.01. The highest BCUT2D eigenvalue weighted by atomic mass is 19.1. The third-order valence-corrected chi connectivity index (χ3v) is 1.67. The van der Waals surface area contributed by atoms with E-state index in [0.29, 0.717) is 23.2 Å². The van der Waals surface area contributed by atoms with E-state index < -0.39 is 6.67 Å². The maximum atomic E-state index is 12.0. The van der Waals surface area contributed by atoms with E-state index in [1.165, 1.54) is 0 Å². The number of carbonyl (C=O) groups excluding carboxylic acids is 1. The molecule has 1 rings (SSSR count). The monoisotopic (exact) mass is 194 g/mol. The molecule has 0 heterocycles. The van der Waals surface area contributed by atoms with Crippen molar-refractivity contribution in [3.63, 3.8) is 0 Å². The van der Waals surface area contributed by atoms with Gasteiger partial charge in [0.1, 0.15) is 19.0 Å². The Morgan fingerprint density at radius 2 is 2.21 bits per heavy atom. The number of rotatable bonds is 5. The zero-order valence-electron chi connectivity index (χ0n) is 7.70. The van der Waals surface area contributed by atoms with Crippen molar-refractivity contribution in [1.29, 1.82) is 0 Å². The average molecular weight is 194 g/mol. The van der Waals surface area contributed by atoms with Crippen LogP contribution in [-0.2, 0) is 0 Å². The summed E-state index contributed by atoms with van der Waals surface area (Å²) in [5.74, 6) is 0.456. The molecule has 0 saturated heterocycles. The van der Waals surface area contributed by atoms with Crippen molar-refractivity contribution in [2.24, 2.45) is 0 Å². The number of aldehydes is 1. The third kappa shape index (κ3) is 2.69. The number of halogens is 1. The Kier molecular flexibility index (Phi) is 3.85. The minimum absolute atomic E-state index is 0.0986. The van der Waals surface area contributed by atoms with Gasteiger partial charge in [0.25, 0.3) is 0 Å². The van der Waals surface area contributed by atoms with E-state index in [0.717, 1.165) is 0 Å². The Morgan fingerprint density at radius 3 is 2.86 bits per heavy atom. The first-order valence-electron chi connectivity index (χ1n) is 4.17. The first kappa shape index (κ1) is 10.4. The Balaban J connectivity index is 2.66. The summed E-state index contributed by atoms with van der Waals surface area (Å²) < 4.78 is 17.2. The molecule has 0 amide bonds. The fourth-order valence-corrected chi connectivity index (χ4v) is 0.928. The van der Waals surface area contributed by atoms with Gasteiger partial charge in [0.2, 0.25) is 0 Å². The molecule has 0 atom stereocenters. The van der Waals surface area contributed by atoms with Crippen molar-refractivity contribution in [2.75, 3.05) is 13.3 Å². The number of carbonyl (C=O) groups is 1. The van der Waals surface area contributed by atoms with Crippen molar-refractivity contribution < 1.29 is 13.9 Å². The molecule has 0 saturated carbocycles. The predicted molar refractivity (Wildman–Crippen MR) is 52.4 cm³/mol. The molecule has 0 aromatic heterocycles. The summed E-state index contributed by atoms with van der Waals surface area (Å²) >= 11 is 0. The second-order valence-electron chi connectivity index (χ2n) is 2.83. The van der Waals surface area contributed by atoms with E-state index in [9.17, 15) is 9.18 Å². The van der Waals surface area contributed by atoms with Crippen LogP contribution in [0.2, 0.25) is 0 Å². The van der Waals surface area contributed by atoms with E-state index in [1.54, 1.807) is 24.3 Å². The number of ether oxygens (including phenoxy) is 1. The van der Waals surface area contributed by atoms with E-state index >= 15 is 0 Å². The van der Waals surface area contributed by atoms with E-state index in [1.807, 2.05) is 0 Å². The SMILES string of the molecule is C=C(CF)COc1ccccc1C=O. The highest BCUT2D eigenvalue weighted by molar-refractivity contribution is 5.79. The first-order valence-corrected chi connectivity index (χ1v) is 4.17. The Morgan fingerprint density at radius 1 is 1.50 bits per heavy atom. The standard InChI is InChI=1S/C11H11FO2/c1-9(6-12)8-14-11-5-3-2-4-10(11)7-13/h2-5,7H,1,6,8H2. The van der Waals surface area contributed by atoms with Crippen LogP contribution in [-0.4, -0.2) is 19.6 Å². The lowest BCUT2D eigenvalue weighted by Crippen LogP contribution is -2.03. The van der Waals surface area contributed by atoms with Crippen LogP contribution >= 0.6 is 0 Å². The fraction of sp³-hybridized carbons (Fsp3) is 0.182. The molecule has 2 nitrogen and oxygen atoms in total. The Bertz CT molecular complexity index is 334. The second kappa shape index (κ2) is 5.17. The summed E-state index contributed by atoms with van der Waals surface area (Å²) in [4.78, 5) is 10.6. The van der Waals surface area contributed by atoms with Gasteiger partial charge in [0.05, 0.1) is 5.56 Å². The lowest BCUT2D eigenvalue weighted by Gasteiger charge is -2.07. The normalized spacial score (nSPS) is 9.50. The van der Waals surface area contributed by atoms with Gasteiger partial charge in [-0.05, 0) is 17.7 Å². The van der Waals surface area contributed by atoms with E-state index in [2.05, 4.69) is 6.58 Å². The second-order valence-corrected chi connectivity index (χ2v) is 2.83.